The van der Waals surface area contributed by atoms with Gasteiger partial charge in [0.2, 0.25) is 10.0 Å². The number of hydrogen-bond donors (Lipinski definition) is 0. The second-order valence-corrected chi connectivity index (χ2v) is 10.6. The molecule has 1 aliphatic heterocycles. The molecule has 1 fully saturated rings. The van der Waals surface area contributed by atoms with E-state index in [1.54, 1.807) is 22.5 Å². The number of fused-ring (bicyclic) bond motifs is 2. The molecule has 0 bridgehead atoms. The first kappa shape index (κ1) is 20.7. The molecule has 0 amide bonds. The van der Waals surface area contributed by atoms with Crippen LogP contribution >= 0.6 is 11.6 Å². The number of nitrogens with zero attached hydrogens (tertiary/aromatic N) is 2. The van der Waals surface area contributed by atoms with Crippen LogP contribution in [0.1, 0.15) is 28.3 Å². The molecule has 0 N–H and O–H groups in total. The van der Waals surface area contributed by atoms with Crippen molar-refractivity contribution in [2.75, 3.05) is 26.2 Å². The third-order valence-electron chi connectivity index (χ3n) is 6.44. The molecule has 1 heterocycles. The number of sulfonamides is 1. The van der Waals surface area contributed by atoms with E-state index < -0.39 is 10.0 Å². The zero-order chi connectivity index (χ0) is 21.4. The van der Waals surface area contributed by atoms with E-state index in [0.29, 0.717) is 31.2 Å². The lowest BCUT2D eigenvalue weighted by Crippen LogP contribution is -2.49. The van der Waals surface area contributed by atoms with Crippen molar-refractivity contribution in [1.82, 2.24) is 9.21 Å². The molecule has 3 aromatic carbocycles. The lowest BCUT2D eigenvalue weighted by molar-refractivity contribution is 0.155. The van der Waals surface area contributed by atoms with Gasteiger partial charge in [-0.05, 0) is 53.3 Å². The Hall–Kier alpha value is -2.18. The lowest BCUT2D eigenvalue weighted by Gasteiger charge is -2.39. The van der Waals surface area contributed by atoms with E-state index in [1.165, 1.54) is 28.3 Å². The maximum absolute atomic E-state index is 13.1. The molecule has 0 unspecified atom stereocenters. The number of halogens is 1. The summed E-state index contributed by atoms with van der Waals surface area (Å²) in [5.41, 5.74) is 5.47. The summed E-state index contributed by atoms with van der Waals surface area (Å²) in [4.78, 5) is 2.70. The lowest BCUT2D eigenvalue weighted by atomic mass is 9.93. The van der Waals surface area contributed by atoms with Gasteiger partial charge in [0.15, 0.2) is 0 Å². The molecule has 2 aliphatic rings. The van der Waals surface area contributed by atoms with Gasteiger partial charge in [-0.25, -0.2) is 8.42 Å². The van der Waals surface area contributed by atoms with Gasteiger partial charge in [0.25, 0.3) is 0 Å². The van der Waals surface area contributed by atoms with Gasteiger partial charge in [0, 0.05) is 31.2 Å². The van der Waals surface area contributed by atoms with Crippen molar-refractivity contribution in [2.24, 2.45) is 0 Å². The van der Waals surface area contributed by atoms with E-state index in [2.05, 4.69) is 53.4 Å². The van der Waals surface area contributed by atoms with Crippen LogP contribution in [0.5, 0.6) is 0 Å². The molecule has 3 aromatic rings. The van der Waals surface area contributed by atoms with Crippen LogP contribution in [0.15, 0.2) is 77.7 Å². The van der Waals surface area contributed by atoms with Crippen molar-refractivity contribution < 1.29 is 8.42 Å². The molecule has 0 aromatic heterocycles. The fraction of sp³-hybridized carbons (Fsp3) is 0.280. The molecule has 31 heavy (non-hydrogen) atoms. The Morgan fingerprint density at radius 3 is 1.90 bits per heavy atom. The molecule has 0 radical (unpaired) electrons. The highest BCUT2D eigenvalue weighted by Crippen LogP contribution is 2.37. The van der Waals surface area contributed by atoms with E-state index in [1.807, 2.05) is 0 Å². The van der Waals surface area contributed by atoms with Crippen LogP contribution in [0, 0.1) is 0 Å². The zero-order valence-corrected chi connectivity index (χ0v) is 18.8. The summed E-state index contributed by atoms with van der Waals surface area (Å²) in [5.74, 6) is 0. The maximum atomic E-state index is 13.1. The first-order chi connectivity index (χ1) is 15.0. The predicted octanol–water partition coefficient (Wildman–Crippen LogP) is 4.53. The quantitative estimate of drug-likeness (QED) is 0.586. The summed E-state index contributed by atoms with van der Waals surface area (Å²) >= 11 is 6.03. The number of piperazine rings is 1. The van der Waals surface area contributed by atoms with Gasteiger partial charge >= 0.3 is 0 Å². The average Bonchev–Trinajstić information content (AvgIpc) is 2.96. The molecule has 6 heteroatoms. The van der Waals surface area contributed by atoms with Crippen LogP contribution in [0.2, 0.25) is 5.02 Å². The van der Waals surface area contributed by atoms with Gasteiger partial charge in [-0.15, -0.1) is 0 Å². The number of benzene rings is 3. The third kappa shape index (κ3) is 3.92. The summed E-state index contributed by atoms with van der Waals surface area (Å²) in [6, 6.07) is 24.1. The monoisotopic (exact) mass is 452 g/mol. The van der Waals surface area contributed by atoms with Gasteiger partial charge in [0.1, 0.15) is 0 Å². The van der Waals surface area contributed by atoms with E-state index in [-0.39, 0.29) is 10.9 Å². The standard InChI is InChI=1S/C25H25ClN2O2S/c26-21-8-5-9-22(18-21)31(29,30)28-16-14-27(15-17-28)25-23-10-3-1-6-19(23)12-13-20-7-2-4-11-24(20)25/h1-11,18,25H,12-17H2. The van der Waals surface area contributed by atoms with Crippen molar-refractivity contribution >= 4 is 21.6 Å². The van der Waals surface area contributed by atoms with Crippen molar-refractivity contribution in [2.45, 2.75) is 23.8 Å². The SMILES string of the molecule is O=S(=O)(c1cccc(Cl)c1)N1CCN(C2c3ccccc3CCc3ccccc32)CC1. The van der Waals surface area contributed by atoms with Gasteiger partial charge in [-0.3, -0.25) is 4.90 Å². The summed E-state index contributed by atoms with van der Waals surface area (Å²) < 4.78 is 27.8. The maximum Gasteiger partial charge on any atom is 0.243 e. The van der Waals surface area contributed by atoms with E-state index in [0.717, 1.165) is 12.8 Å². The Morgan fingerprint density at radius 2 is 1.32 bits per heavy atom. The highest BCUT2D eigenvalue weighted by Gasteiger charge is 2.34. The molecule has 0 saturated carbocycles. The first-order valence-electron chi connectivity index (χ1n) is 10.7. The average molecular weight is 453 g/mol. The molecule has 0 atom stereocenters. The summed E-state index contributed by atoms with van der Waals surface area (Å²) in [7, 11) is -3.54. The minimum atomic E-state index is -3.54. The Bertz CT molecular complexity index is 1160. The predicted molar refractivity (Wildman–Crippen MR) is 124 cm³/mol. The minimum absolute atomic E-state index is 0.158. The highest BCUT2D eigenvalue weighted by atomic mass is 35.5. The summed E-state index contributed by atoms with van der Waals surface area (Å²) in [6.45, 7) is 2.31. The molecular weight excluding hydrogens is 428 g/mol. The fourth-order valence-corrected chi connectivity index (χ4v) is 6.59. The number of aryl methyl sites for hydroxylation is 2. The second kappa shape index (κ2) is 8.40. The van der Waals surface area contributed by atoms with Crippen LogP contribution in [-0.2, 0) is 22.9 Å². The van der Waals surface area contributed by atoms with Crippen molar-refractivity contribution in [3.8, 4) is 0 Å². The Labute approximate surface area is 189 Å². The van der Waals surface area contributed by atoms with Crippen LogP contribution in [0.4, 0.5) is 0 Å². The van der Waals surface area contributed by atoms with Crippen molar-refractivity contribution in [1.29, 1.82) is 0 Å². The Balaban J connectivity index is 1.43. The summed E-state index contributed by atoms with van der Waals surface area (Å²) in [5, 5.41) is 0.436. The van der Waals surface area contributed by atoms with Gasteiger partial charge in [-0.2, -0.15) is 4.31 Å². The summed E-state index contributed by atoms with van der Waals surface area (Å²) in [6.07, 6.45) is 2.07. The Kier molecular flexibility index (Phi) is 5.61. The number of hydrogen-bond acceptors (Lipinski definition) is 3. The first-order valence-corrected chi connectivity index (χ1v) is 12.5. The molecule has 1 aliphatic carbocycles. The Morgan fingerprint density at radius 1 is 0.742 bits per heavy atom. The highest BCUT2D eigenvalue weighted by molar-refractivity contribution is 7.89. The van der Waals surface area contributed by atoms with E-state index in [9.17, 15) is 8.42 Å². The van der Waals surface area contributed by atoms with Gasteiger partial charge in [0.05, 0.1) is 10.9 Å². The minimum Gasteiger partial charge on any atom is -0.290 e. The van der Waals surface area contributed by atoms with Gasteiger partial charge in [-0.1, -0.05) is 66.2 Å². The van der Waals surface area contributed by atoms with Crippen LogP contribution in [0.3, 0.4) is 0 Å². The van der Waals surface area contributed by atoms with Crippen molar-refractivity contribution in [3.05, 3.63) is 100 Å². The van der Waals surface area contributed by atoms with Crippen LogP contribution in [0.25, 0.3) is 0 Å². The van der Waals surface area contributed by atoms with Crippen molar-refractivity contribution in [3.63, 3.8) is 0 Å². The molecule has 4 nitrogen and oxygen atoms in total. The normalized spacial score (nSPS) is 18.2. The zero-order valence-electron chi connectivity index (χ0n) is 17.2. The van der Waals surface area contributed by atoms with Crippen LogP contribution < -0.4 is 0 Å². The van der Waals surface area contributed by atoms with Crippen LogP contribution in [-0.4, -0.2) is 43.8 Å². The molecule has 0 spiro atoms. The topological polar surface area (TPSA) is 40.6 Å². The largest absolute Gasteiger partial charge is 0.290 e. The third-order valence-corrected chi connectivity index (χ3v) is 8.57. The molecule has 160 valence electrons. The number of rotatable bonds is 3. The smallest absolute Gasteiger partial charge is 0.243 e. The van der Waals surface area contributed by atoms with E-state index in [4.69, 9.17) is 11.6 Å². The second-order valence-electron chi connectivity index (χ2n) is 8.20. The molecule has 1 saturated heterocycles. The molecule has 5 rings (SSSR count). The van der Waals surface area contributed by atoms with Gasteiger partial charge < -0.3 is 0 Å². The van der Waals surface area contributed by atoms with E-state index >= 15 is 0 Å². The fourth-order valence-electron chi connectivity index (χ4n) is 4.87. The molecular formula is C25H25ClN2O2S.